The van der Waals surface area contributed by atoms with E-state index >= 15 is 0 Å². The van der Waals surface area contributed by atoms with Gasteiger partial charge in [0.2, 0.25) is 0 Å². The number of hydrogen-bond acceptors (Lipinski definition) is 3. The summed E-state index contributed by atoms with van der Waals surface area (Å²) in [4.78, 5) is 0. The summed E-state index contributed by atoms with van der Waals surface area (Å²) in [6.07, 6.45) is 0. The monoisotopic (exact) mass is 258 g/mol. The van der Waals surface area contributed by atoms with Crippen LogP contribution in [-0.4, -0.2) is 0 Å². The van der Waals surface area contributed by atoms with Gasteiger partial charge in [-0.15, -0.1) is 0 Å². The molecule has 0 unspecified atom stereocenters. The van der Waals surface area contributed by atoms with E-state index in [1.807, 2.05) is 19.1 Å². The maximum atomic E-state index is 8.76. The van der Waals surface area contributed by atoms with Crippen LogP contribution in [0, 0.1) is 18.3 Å². The van der Waals surface area contributed by atoms with Crippen molar-refractivity contribution in [3.8, 4) is 17.6 Å². The third kappa shape index (κ3) is 2.55. The van der Waals surface area contributed by atoms with Gasteiger partial charge in [-0.1, -0.05) is 11.6 Å². The van der Waals surface area contributed by atoms with E-state index in [0.29, 0.717) is 27.8 Å². The maximum Gasteiger partial charge on any atom is 0.150 e. The van der Waals surface area contributed by atoms with E-state index in [2.05, 4.69) is 0 Å². The highest BCUT2D eigenvalue weighted by Gasteiger charge is 2.06. The molecule has 0 saturated carbocycles. The van der Waals surface area contributed by atoms with Gasteiger partial charge in [0.05, 0.1) is 17.3 Å². The van der Waals surface area contributed by atoms with E-state index in [0.717, 1.165) is 5.56 Å². The molecule has 90 valence electrons. The number of nitriles is 1. The first-order chi connectivity index (χ1) is 8.60. The van der Waals surface area contributed by atoms with Gasteiger partial charge in [-0.05, 0) is 48.9 Å². The number of benzene rings is 2. The molecule has 2 rings (SSSR count). The number of nitrogens with zero attached hydrogens (tertiary/aromatic N) is 1. The zero-order valence-electron chi connectivity index (χ0n) is 9.77. The molecule has 2 aromatic carbocycles. The second kappa shape index (κ2) is 4.99. The van der Waals surface area contributed by atoms with Gasteiger partial charge < -0.3 is 10.5 Å². The van der Waals surface area contributed by atoms with Crippen LogP contribution in [0.2, 0.25) is 5.02 Å². The second-order valence-electron chi connectivity index (χ2n) is 3.88. The molecule has 0 atom stereocenters. The first-order valence-corrected chi connectivity index (χ1v) is 5.71. The SMILES string of the molecule is Cc1cc(Cl)ccc1Oc1ccc(C#N)cc1N. The molecule has 0 saturated heterocycles. The zero-order chi connectivity index (χ0) is 13.1. The Balaban J connectivity index is 2.32. The van der Waals surface area contributed by atoms with Crippen LogP contribution < -0.4 is 10.5 Å². The summed E-state index contributed by atoms with van der Waals surface area (Å²) < 4.78 is 5.70. The molecule has 2 aromatic rings. The summed E-state index contributed by atoms with van der Waals surface area (Å²) in [6, 6.07) is 12.3. The third-order valence-electron chi connectivity index (χ3n) is 2.50. The van der Waals surface area contributed by atoms with Crippen LogP contribution in [0.15, 0.2) is 36.4 Å². The number of hydrogen-bond donors (Lipinski definition) is 1. The first kappa shape index (κ1) is 12.3. The Morgan fingerprint density at radius 1 is 1.17 bits per heavy atom. The predicted molar refractivity (Wildman–Crippen MR) is 71.8 cm³/mol. The van der Waals surface area contributed by atoms with Crippen molar-refractivity contribution < 1.29 is 4.74 Å². The Morgan fingerprint density at radius 2 is 1.89 bits per heavy atom. The highest BCUT2D eigenvalue weighted by molar-refractivity contribution is 6.30. The predicted octanol–water partition coefficient (Wildman–Crippen LogP) is 3.89. The summed E-state index contributed by atoms with van der Waals surface area (Å²) in [5.41, 5.74) is 7.69. The molecule has 2 N–H and O–H groups in total. The molecule has 0 heterocycles. The third-order valence-corrected chi connectivity index (χ3v) is 2.73. The summed E-state index contributed by atoms with van der Waals surface area (Å²) in [5, 5.41) is 9.42. The van der Waals surface area contributed by atoms with Crippen molar-refractivity contribution in [1.29, 1.82) is 5.26 Å². The van der Waals surface area contributed by atoms with Crippen LogP contribution in [0.3, 0.4) is 0 Å². The van der Waals surface area contributed by atoms with Crippen LogP contribution in [0.5, 0.6) is 11.5 Å². The number of nitrogen functional groups attached to an aromatic ring is 1. The molecule has 0 aliphatic carbocycles. The molecule has 3 nitrogen and oxygen atoms in total. The number of halogens is 1. The maximum absolute atomic E-state index is 8.76. The molecule has 0 spiro atoms. The summed E-state index contributed by atoms with van der Waals surface area (Å²) in [7, 11) is 0. The van der Waals surface area contributed by atoms with Crippen molar-refractivity contribution in [1.82, 2.24) is 0 Å². The molecule has 0 aromatic heterocycles. The van der Waals surface area contributed by atoms with Gasteiger partial charge in [0.25, 0.3) is 0 Å². The van der Waals surface area contributed by atoms with Crippen molar-refractivity contribution in [2.75, 3.05) is 5.73 Å². The molecular formula is C14H11ClN2O. The smallest absolute Gasteiger partial charge is 0.150 e. The van der Waals surface area contributed by atoms with Gasteiger partial charge in [0, 0.05) is 5.02 Å². The fourth-order valence-corrected chi connectivity index (χ4v) is 1.78. The number of ether oxygens (including phenoxy) is 1. The van der Waals surface area contributed by atoms with E-state index in [9.17, 15) is 0 Å². The summed E-state index contributed by atoms with van der Waals surface area (Å²) in [6.45, 7) is 1.90. The topological polar surface area (TPSA) is 59.0 Å². The molecule has 0 radical (unpaired) electrons. The van der Waals surface area contributed by atoms with Crippen molar-refractivity contribution in [3.05, 3.63) is 52.5 Å². The van der Waals surface area contributed by atoms with Crippen molar-refractivity contribution in [2.45, 2.75) is 6.92 Å². The molecule has 4 heteroatoms. The lowest BCUT2D eigenvalue weighted by Gasteiger charge is -2.11. The fraction of sp³-hybridized carbons (Fsp3) is 0.0714. The standard InChI is InChI=1S/C14H11ClN2O/c1-9-6-11(15)3-5-13(9)18-14-4-2-10(8-16)7-12(14)17/h2-7H,17H2,1H3. The molecule has 18 heavy (non-hydrogen) atoms. The number of aryl methyl sites for hydroxylation is 1. The van der Waals surface area contributed by atoms with Crippen LogP contribution in [-0.2, 0) is 0 Å². The number of anilines is 1. The molecular weight excluding hydrogens is 248 g/mol. The van der Waals surface area contributed by atoms with Crippen molar-refractivity contribution in [2.24, 2.45) is 0 Å². The minimum atomic E-state index is 0.434. The number of rotatable bonds is 2. The van der Waals surface area contributed by atoms with Gasteiger partial charge in [-0.2, -0.15) is 5.26 Å². The Morgan fingerprint density at radius 3 is 2.50 bits per heavy atom. The Hall–Kier alpha value is -2.18. The molecule has 0 aliphatic heterocycles. The van der Waals surface area contributed by atoms with Crippen LogP contribution in [0.1, 0.15) is 11.1 Å². The molecule has 0 fully saturated rings. The lowest BCUT2D eigenvalue weighted by atomic mass is 10.2. The average molecular weight is 259 g/mol. The lowest BCUT2D eigenvalue weighted by Crippen LogP contribution is -1.94. The highest BCUT2D eigenvalue weighted by Crippen LogP contribution is 2.31. The highest BCUT2D eigenvalue weighted by atomic mass is 35.5. The van der Waals surface area contributed by atoms with Gasteiger partial charge >= 0.3 is 0 Å². The quantitative estimate of drug-likeness (QED) is 0.831. The van der Waals surface area contributed by atoms with Crippen LogP contribution in [0.25, 0.3) is 0 Å². The van der Waals surface area contributed by atoms with Crippen LogP contribution in [0.4, 0.5) is 5.69 Å². The van der Waals surface area contributed by atoms with Gasteiger partial charge in [0.15, 0.2) is 0 Å². The van der Waals surface area contributed by atoms with Gasteiger partial charge in [-0.25, -0.2) is 0 Å². The Bertz CT molecular complexity index is 632. The van der Waals surface area contributed by atoms with Crippen molar-refractivity contribution >= 4 is 17.3 Å². The van der Waals surface area contributed by atoms with E-state index in [1.54, 1.807) is 30.3 Å². The zero-order valence-corrected chi connectivity index (χ0v) is 10.5. The van der Waals surface area contributed by atoms with E-state index in [1.165, 1.54) is 0 Å². The van der Waals surface area contributed by atoms with Gasteiger partial charge in [-0.3, -0.25) is 0 Å². The van der Waals surface area contributed by atoms with E-state index in [4.69, 9.17) is 27.3 Å². The molecule has 0 bridgehead atoms. The van der Waals surface area contributed by atoms with Crippen molar-refractivity contribution in [3.63, 3.8) is 0 Å². The second-order valence-corrected chi connectivity index (χ2v) is 4.31. The molecule has 0 aliphatic rings. The van der Waals surface area contributed by atoms with Crippen LogP contribution >= 0.6 is 11.6 Å². The normalized spacial score (nSPS) is 9.83. The minimum absolute atomic E-state index is 0.434. The van der Waals surface area contributed by atoms with E-state index < -0.39 is 0 Å². The molecule has 0 amide bonds. The van der Waals surface area contributed by atoms with Gasteiger partial charge in [0.1, 0.15) is 11.5 Å². The average Bonchev–Trinajstić information content (AvgIpc) is 2.34. The number of nitrogens with two attached hydrogens (primary N) is 1. The van der Waals surface area contributed by atoms with E-state index in [-0.39, 0.29) is 0 Å². The lowest BCUT2D eigenvalue weighted by molar-refractivity contribution is 0.481. The fourth-order valence-electron chi connectivity index (χ4n) is 1.56. The largest absolute Gasteiger partial charge is 0.455 e. The summed E-state index contributed by atoms with van der Waals surface area (Å²) in [5.74, 6) is 1.22. The summed E-state index contributed by atoms with van der Waals surface area (Å²) >= 11 is 5.87. The first-order valence-electron chi connectivity index (χ1n) is 5.34. The Labute approximate surface area is 110 Å². The minimum Gasteiger partial charge on any atom is -0.455 e. The Kier molecular flexibility index (Phi) is 3.40.